The number of halogens is 1. The van der Waals surface area contributed by atoms with Gasteiger partial charge in [-0.1, -0.05) is 41.1 Å². The molecule has 0 fully saturated rings. The number of hydrogen-bond donors (Lipinski definition) is 0. The van der Waals surface area contributed by atoms with Crippen molar-refractivity contribution >= 4 is 35.0 Å². The average molecular weight is 499 g/mol. The van der Waals surface area contributed by atoms with Crippen molar-refractivity contribution in [1.82, 2.24) is 4.57 Å². The minimum Gasteiger partial charge on any atom is -0.497 e. The molecule has 0 spiro atoms. The minimum absolute atomic E-state index is 0.216. The smallest absolute Gasteiger partial charge is 0.338 e. The molecule has 0 saturated carbocycles. The fourth-order valence-electron chi connectivity index (χ4n) is 3.82. The lowest BCUT2D eigenvalue weighted by atomic mass is 9.96. The first-order valence-corrected chi connectivity index (χ1v) is 11.7. The number of carbonyl (C=O) groups excluding carboxylic acids is 1. The summed E-state index contributed by atoms with van der Waals surface area (Å²) in [6.45, 7) is 3.71. The number of carbonyl (C=O) groups is 1. The predicted molar refractivity (Wildman–Crippen MR) is 131 cm³/mol. The van der Waals surface area contributed by atoms with E-state index in [0.717, 1.165) is 11.1 Å². The van der Waals surface area contributed by atoms with Gasteiger partial charge in [0.05, 0.1) is 47.7 Å². The Kier molecular flexibility index (Phi) is 6.90. The van der Waals surface area contributed by atoms with Crippen LogP contribution in [0.25, 0.3) is 6.08 Å². The maximum Gasteiger partial charge on any atom is 0.338 e. The Morgan fingerprint density at radius 1 is 1.18 bits per heavy atom. The fraction of sp³-hybridized carbons (Fsp3) is 0.240. The molecule has 0 saturated heterocycles. The SMILES string of the molecule is CCOC(=O)C1=C(C)N=c2s/c(=C/c3ccc(OC)c(Cl)c3)c(=O)n2[C@H]1c1ccc(OC)cc1. The number of nitrogens with zero attached hydrogens (tertiary/aromatic N) is 2. The number of allylic oxidation sites excluding steroid dienone is 1. The first-order chi connectivity index (χ1) is 16.4. The van der Waals surface area contributed by atoms with Crippen molar-refractivity contribution in [2.45, 2.75) is 19.9 Å². The second-order valence-electron chi connectivity index (χ2n) is 7.47. The van der Waals surface area contributed by atoms with Gasteiger partial charge in [0.25, 0.3) is 5.56 Å². The molecule has 2 heterocycles. The normalized spacial score (nSPS) is 15.6. The first-order valence-electron chi connectivity index (χ1n) is 10.5. The van der Waals surface area contributed by atoms with Crippen LogP contribution in [0.3, 0.4) is 0 Å². The highest BCUT2D eigenvalue weighted by Gasteiger charge is 2.33. The molecule has 9 heteroatoms. The monoisotopic (exact) mass is 498 g/mol. The molecule has 4 rings (SSSR count). The summed E-state index contributed by atoms with van der Waals surface area (Å²) in [5.41, 5.74) is 2.08. The van der Waals surface area contributed by atoms with E-state index in [0.29, 0.717) is 37.1 Å². The summed E-state index contributed by atoms with van der Waals surface area (Å²) in [4.78, 5) is 31.6. The zero-order chi connectivity index (χ0) is 24.4. The molecular weight excluding hydrogens is 476 g/mol. The van der Waals surface area contributed by atoms with Gasteiger partial charge >= 0.3 is 5.97 Å². The Morgan fingerprint density at radius 3 is 2.53 bits per heavy atom. The number of aromatic nitrogens is 1. The number of esters is 1. The van der Waals surface area contributed by atoms with Crippen LogP contribution in [0.4, 0.5) is 0 Å². The van der Waals surface area contributed by atoms with Crippen molar-refractivity contribution in [3.05, 3.63) is 89.6 Å². The Labute approximate surface area is 205 Å². The van der Waals surface area contributed by atoms with Crippen LogP contribution in [0.1, 0.15) is 31.0 Å². The molecule has 1 aliphatic heterocycles. The van der Waals surface area contributed by atoms with Crippen LogP contribution in [0.5, 0.6) is 11.5 Å². The first kappa shape index (κ1) is 23.8. The number of ether oxygens (including phenoxy) is 3. The standard InChI is InChI=1S/C25H23ClN2O5S/c1-5-33-24(30)21-14(2)27-25-28(22(21)16-7-9-17(31-3)10-8-16)23(29)20(34-25)13-15-6-11-19(32-4)18(26)12-15/h6-13,22H,5H2,1-4H3/b20-13+/t22-/m0/s1. The van der Waals surface area contributed by atoms with E-state index in [9.17, 15) is 9.59 Å². The number of benzene rings is 2. The summed E-state index contributed by atoms with van der Waals surface area (Å²) in [7, 11) is 3.12. The molecule has 0 aliphatic carbocycles. The van der Waals surface area contributed by atoms with Gasteiger partial charge in [-0.15, -0.1) is 0 Å². The average Bonchev–Trinajstić information content (AvgIpc) is 3.12. The van der Waals surface area contributed by atoms with Crippen LogP contribution in [0.15, 0.2) is 63.5 Å². The Bertz CT molecular complexity index is 1450. The molecule has 1 aliphatic rings. The summed E-state index contributed by atoms with van der Waals surface area (Å²) >= 11 is 7.51. The molecule has 3 aromatic rings. The van der Waals surface area contributed by atoms with E-state index in [-0.39, 0.29) is 12.2 Å². The molecule has 1 aromatic heterocycles. The van der Waals surface area contributed by atoms with Gasteiger partial charge in [-0.05, 0) is 55.3 Å². The van der Waals surface area contributed by atoms with E-state index in [2.05, 4.69) is 4.99 Å². The summed E-state index contributed by atoms with van der Waals surface area (Å²) in [6.07, 6.45) is 1.75. The van der Waals surface area contributed by atoms with Crippen molar-refractivity contribution in [3.63, 3.8) is 0 Å². The molecule has 34 heavy (non-hydrogen) atoms. The van der Waals surface area contributed by atoms with Gasteiger partial charge in [0.2, 0.25) is 0 Å². The topological polar surface area (TPSA) is 79.1 Å². The predicted octanol–water partition coefficient (Wildman–Crippen LogP) is 3.47. The van der Waals surface area contributed by atoms with Crippen molar-refractivity contribution in [2.75, 3.05) is 20.8 Å². The lowest BCUT2D eigenvalue weighted by Gasteiger charge is -2.24. The van der Waals surface area contributed by atoms with Gasteiger partial charge in [-0.2, -0.15) is 0 Å². The lowest BCUT2D eigenvalue weighted by molar-refractivity contribution is -0.139. The highest BCUT2D eigenvalue weighted by molar-refractivity contribution is 7.07. The van der Waals surface area contributed by atoms with Crippen LogP contribution in [-0.2, 0) is 9.53 Å². The van der Waals surface area contributed by atoms with Crippen LogP contribution in [-0.4, -0.2) is 31.4 Å². The van der Waals surface area contributed by atoms with Gasteiger partial charge in [-0.25, -0.2) is 9.79 Å². The number of hydrogen-bond acceptors (Lipinski definition) is 7. The van der Waals surface area contributed by atoms with Crippen molar-refractivity contribution in [1.29, 1.82) is 0 Å². The summed E-state index contributed by atoms with van der Waals surface area (Å²) < 4.78 is 17.8. The Morgan fingerprint density at radius 2 is 1.91 bits per heavy atom. The molecule has 176 valence electrons. The van der Waals surface area contributed by atoms with Gasteiger partial charge in [-0.3, -0.25) is 9.36 Å². The molecule has 0 N–H and O–H groups in total. The van der Waals surface area contributed by atoms with Gasteiger partial charge in [0.1, 0.15) is 11.5 Å². The Balaban J connectivity index is 1.92. The molecule has 2 aromatic carbocycles. The minimum atomic E-state index is -0.678. The number of methoxy groups -OCH3 is 2. The third-order valence-electron chi connectivity index (χ3n) is 5.42. The highest BCUT2D eigenvalue weighted by Crippen LogP contribution is 2.31. The van der Waals surface area contributed by atoms with E-state index in [1.165, 1.54) is 11.3 Å². The van der Waals surface area contributed by atoms with Crippen LogP contribution < -0.4 is 24.4 Å². The van der Waals surface area contributed by atoms with Crippen molar-refractivity contribution in [3.8, 4) is 11.5 Å². The second-order valence-corrected chi connectivity index (χ2v) is 8.89. The van der Waals surface area contributed by atoms with E-state index < -0.39 is 12.0 Å². The molecule has 7 nitrogen and oxygen atoms in total. The quantitative estimate of drug-likeness (QED) is 0.486. The van der Waals surface area contributed by atoms with E-state index >= 15 is 0 Å². The molecule has 0 amide bonds. The Hall–Kier alpha value is -3.36. The largest absolute Gasteiger partial charge is 0.497 e. The fourth-order valence-corrected chi connectivity index (χ4v) is 5.13. The molecular formula is C25H23ClN2O5S. The van der Waals surface area contributed by atoms with Gasteiger partial charge < -0.3 is 14.2 Å². The van der Waals surface area contributed by atoms with Crippen LogP contribution in [0.2, 0.25) is 5.02 Å². The lowest BCUT2D eigenvalue weighted by Crippen LogP contribution is -2.39. The zero-order valence-corrected chi connectivity index (χ0v) is 20.7. The molecule has 1 atom stereocenters. The van der Waals surface area contributed by atoms with Gasteiger partial charge in [0.15, 0.2) is 4.80 Å². The zero-order valence-electron chi connectivity index (χ0n) is 19.1. The van der Waals surface area contributed by atoms with E-state index in [4.69, 9.17) is 25.8 Å². The van der Waals surface area contributed by atoms with Crippen molar-refractivity contribution in [2.24, 2.45) is 4.99 Å². The second kappa shape index (κ2) is 9.87. The van der Waals surface area contributed by atoms with Crippen LogP contribution >= 0.6 is 22.9 Å². The molecule has 0 unspecified atom stereocenters. The van der Waals surface area contributed by atoms with E-state index in [1.54, 1.807) is 63.0 Å². The summed E-state index contributed by atoms with van der Waals surface area (Å²) in [5, 5.41) is 0.445. The maximum absolute atomic E-state index is 13.6. The van der Waals surface area contributed by atoms with Crippen LogP contribution in [0, 0.1) is 0 Å². The maximum atomic E-state index is 13.6. The third kappa shape index (κ3) is 4.38. The number of rotatable bonds is 6. The van der Waals surface area contributed by atoms with Crippen molar-refractivity contribution < 1.29 is 19.0 Å². The van der Waals surface area contributed by atoms with Gasteiger partial charge in [0, 0.05) is 0 Å². The molecule has 0 bridgehead atoms. The third-order valence-corrected chi connectivity index (χ3v) is 6.70. The summed E-state index contributed by atoms with van der Waals surface area (Å²) in [5.74, 6) is 0.723. The summed E-state index contributed by atoms with van der Waals surface area (Å²) in [6, 6.07) is 11.9. The highest BCUT2D eigenvalue weighted by atomic mass is 35.5. The number of thiazole rings is 1. The van der Waals surface area contributed by atoms with E-state index in [1.807, 2.05) is 18.2 Å². The number of fused-ring (bicyclic) bond motifs is 1. The molecule has 0 radical (unpaired) electrons.